The minimum absolute atomic E-state index is 1.15. The van der Waals surface area contributed by atoms with E-state index in [9.17, 15) is 0 Å². The lowest BCUT2D eigenvalue weighted by Gasteiger charge is -2.19. The fraction of sp³-hybridized carbons (Fsp3) is 0.778. The van der Waals surface area contributed by atoms with Gasteiger partial charge in [-0.15, -0.1) is 23.9 Å². The van der Waals surface area contributed by atoms with Gasteiger partial charge in [-0.25, -0.2) is 0 Å². The first-order valence-corrected chi connectivity index (χ1v) is 10.6. The van der Waals surface area contributed by atoms with E-state index in [1.165, 1.54) is 64.2 Å². The van der Waals surface area contributed by atoms with E-state index in [1.807, 2.05) is 0 Å². The standard InChI is InChI=1S/C18H32Si/c1-5-9-11-13-15-17-19(7-3,8-4)18-16-14-12-10-6-2/h3-4H,5-6,9-18H2,1-2H3. The molecular formula is C18H32Si. The SMILES string of the molecule is C#C[Si](C#C)(CCCCCCC)CCCCCCC. The summed E-state index contributed by atoms with van der Waals surface area (Å²) < 4.78 is 0. The molecule has 0 N–H and O–H groups in total. The van der Waals surface area contributed by atoms with Crippen LogP contribution in [0.1, 0.15) is 78.1 Å². The van der Waals surface area contributed by atoms with E-state index in [4.69, 9.17) is 12.8 Å². The van der Waals surface area contributed by atoms with E-state index in [-0.39, 0.29) is 0 Å². The molecule has 0 radical (unpaired) electrons. The van der Waals surface area contributed by atoms with E-state index < -0.39 is 8.07 Å². The molecule has 0 rings (SSSR count). The zero-order chi connectivity index (χ0) is 14.4. The van der Waals surface area contributed by atoms with Crippen molar-refractivity contribution in [1.29, 1.82) is 0 Å². The van der Waals surface area contributed by atoms with Gasteiger partial charge in [0.1, 0.15) is 0 Å². The molecule has 0 atom stereocenters. The van der Waals surface area contributed by atoms with E-state index in [2.05, 4.69) is 24.9 Å². The van der Waals surface area contributed by atoms with Crippen LogP contribution in [0.4, 0.5) is 0 Å². The van der Waals surface area contributed by atoms with Crippen LogP contribution in [0.5, 0.6) is 0 Å². The molecule has 108 valence electrons. The topological polar surface area (TPSA) is 0 Å². The fourth-order valence-corrected chi connectivity index (χ4v) is 5.13. The van der Waals surface area contributed by atoms with Gasteiger partial charge < -0.3 is 0 Å². The van der Waals surface area contributed by atoms with Gasteiger partial charge in [0.2, 0.25) is 8.07 Å². The van der Waals surface area contributed by atoms with E-state index >= 15 is 0 Å². The Morgan fingerprint density at radius 1 is 0.632 bits per heavy atom. The largest absolute Gasteiger partial charge is 0.216 e. The monoisotopic (exact) mass is 276 g/mol. The summed E-state index contributed by atoms with van der Waals surface area (Å²) in [6.45, 7) is 4.50. The van der Waals surface area contributed by atoms with E-state index in [0.29, 0.717) is 0 Å². The van der Waals surface area contributed by atoms with Crippen LogP contribution >= 0.6 is 0 Å². The maximum absolute atomic E-state index is 5.77. The summed E-state index contributed by atoms with van der Waals surface area (Å²) >= 11 is 0. The quantitative estimate of drug-likeness (QED) is 0.243. The molecule has 0 aliphatic rings. The summed E-state index contributed by atoms with van der Waals surface area (Å²) in [5, 5.41) is 0. The minimum atomic E-state index is -1.81. The molecule has 0 nitrogen and oxygen atoms in total. The lowest BCUT2D eigenvalue weighted by Crippen LogP contribution is -2.30. The molecule has 0 bridgehead atoms. The van der Waals surface area contributed by atoms with Crippen LogP contribution in [-0.2, 0) is 0 Å². The van der Waals surface area contributed by atoms with Crippen LogP contribution in [0.25, 0.3) is 0 Å². The third-order valence-corrected chi connectivity index (χ3v) is 7.49. The zero-order valence-corrected chi connectivity index (χ0v) is 14.1. The van der Waals surface area contributed by atoms with Crippen molar-refractivity contribution in [2.75, 3.05) is 0 Å². The normalized spacial score (nSPS) is 10.9. The van der Waals surface area contributed by atoms with Crippen molar-refractivity contribution in [3.63, 3.8) is 0 Å². The van der Waals surface area contributed by atoms with Crippen LogP contribution in [-0.4, -0.2) is 8.07 Å². The van der Waals surface area contributed by atoms with Gasteiger partial charge in [-0.1, -0.05) is 78.1 Å². The van der Waals surface area contributed by atoms with Crippen molar-refractivity contribution in [1.82, 2.24) is 0 Å². The van der Waals surface area contributed by atoms with Gasteiger partial charge in [-0.2, -0.15) is 0 Å². The predicted octanol–water partition coefficient (Wildman–Crippen LogP) is 5.72. The van der Waals surface area contributed by atoms with E-state index in [0.717, 1.165) is 12.1 Å². The Labute approximate surface area is 122 Å². The Morgan fingerprint density at radius 3 is 1.32 bits per heavy atom. The fourth-order valence-electron chi connectivity index (χ4n) is 2.52. The lowest BCUT2D eigenvalue weighted by molar-refractivity contribution is 0.645. The Bertz CT molecular complexity index is 249. The first-order chi connectivity index (χ1) is 9.24. The number of hydrogen-bond donors (Lipinski definition) is 0. The third-order valence-electron chi connectivity index (χ3n) is 3.97. The van der Waals surface area contributed by atoms with Crippen molar-refractivity contribution in [3.05, 3.63) is 0 Å². The second-order valence-corrected chi connectivity index (χ2v) is 9.44. The molecule has 0 saturated carbocycles. The molecule has 0 fully saturated rings. The van der Waals surface area contributed by atoms with Gasteiger partial charge in [-0.3, -0.25) is 0 Å². The van der Waals surface area contributed by atoms with Gasteiger partial charge in [0.25, 0.3) is 0 Å². The molecule has 0 heterocycles. The van der Waals surface area contributed by atoms with Crippen molar-refractivity contribution in [2.45, 2.75) is 90.1 Å². The summed E-state index contributed by atoms with van der Waals surface area (Å²) in [7, 11) is -1.81. The van der Waals surface area contributed by atoms with Crippen LogP contribution in [0, 0.1) is 23.9 Å². The van der Waals surface area contributed by atoms with E-state index in [1.54, 1.807) is 0 Å². The maximum atomic E-state index is 5.77. The van der Waals surface area contributed by atoms with Crippen molar-refractivity contribution < 1.29 is 0 Å². The molecule has 0 spiro atoms. The van der Waals surface area contributed by atoms with Crippen molar-refractivity contribution in [2.24, 2.45) is 0 Å². The molecule has 0 saturated heterocycles. The molecule has 0 aliphatic carbocycles. The number of unbranched alkanes of at least 4 members (excludes halogenated alkanes) is 8. The molecule has 0 aromatic carbocycles. The van der Waals surface area contributed by atoms with Gasteiger partial charge >= 0.3 is 0 Å². The summed E-state index contributed by atoms with van der Waals surface area (Å²) in [6, 6.07) is 2.30. The van der Waals surface area contributed by atoms with Crippen molar-refractivity contribution >= 4 is 8.07 Å². The molecule has 0 aromatic rings. The second-order valence-electron chi connectivity index (χ2n) is 5.70. The highest BCUT2D eigenvalue weighted by molar-refractivity contribution is 6.94. The number of terminal acetylenes is 2. The van der Waals surface area contributed by atoms with Crippen molar-refractivity contribution in [3.8, 4) is 23.9 Å². The number of rotatable bonds is 12. The Kier molecular flexibility index (Phi) is 11.9. The van der Waals surface area contributed by atoms with Crippen LogP contribution in [0.2, 0.25) is 12.1 Å². The van der Waals surface area contributed by atoms with Crippen LogP contribution < -0.4 is 0 Å². The lowest BCUT2D eigenvalue weighted by atomic mass is 10.2. The average molecular weight is 277 g/mol. The molecule has 1 heteroatoms. The molecule has 0 aromatic heterocycles. The molecule has 0 amide bonds. The predicted molar refractivity (Wildman–Crippen MR) is 90.6 cm³/mol. The molecule has 0 unspecified atom stereocenters. The highest BCUT2D eigenvalue weighted by atomic mass is 28.3. The van der Waals surface area contributed by atoms with Gasteiger partial charge in [0.15, 0.2) is 0 Å². The minimum Gasteiger partial charge on any atom is -0.126 e. The molecule has 19 heavy (non-hydrogen) atoms. The first kappa shape index (κ1) is 18.3. The summed E-state index contributed by atoms with van der Waals surface area (Å²) in [5.41, 5.74) is 6.10. The molecule has 0 aliphatic heterocycles. The maximum Gasteiger partial charge on any atom is 0.216 e. The average Bonchev–Trinajstić information content (AvgIpc) is 2.45. The Morgan fingerprint density at radius 2 is 1.00 bits per heavy atom. The van der Waals surface area contributed by atoms with Gasteiger partial charge in [0, 0.05) is 0 Å². The summed E-state index contributed by atoms with van der Waals surface area (Å²) in [5.74, 6) is 0. The van der Waals surface area contributed by atoms with Gasteiger partial charge in [0.05, 0.1) is 0 Å². The van der Waals surface area contributed by atoms with Gasteiger partial charge in [-0.05, 0) is 12.1 Å². The Hall–Kier alpha value is -0.663. The summed E-state index contributed by atoms with van der Waals surface area (Å²) in [4.78, 5) is 0. The second kappa shape index (κ2) is 12.4. The zero-order valence-electron chi connectivity index (χ0n) is 13.1. The summed E-state index contributed by atoms with van der Waals surface area (Å²) in [6.07, 6.45) is 24.6. The smallest absolute Gasteiger partial charge is 0.126 e. The van der Waals surface area contributed by atoms with Crippen LogP contribution in [0.15, 0.2) is 0 Å². The highest BCUT2D eigenvalue weighted by Gasteiger charge is 2.27. The third kappa shape index (κ3) is 8.96. The number of hydrogen-bond acceptors (Lipinski definition) is 0. The molecular weight excluding hydrogens is 244 g/mol. The van der Waals surface area contributed by atoms with Crippen LogP contribution in [0.3, 0.4) is 0 Å². The Balaban J connectivity index is 3.92. The first-order valence-electron chi connectivity index (χ1n) is 8.20. The highest BCUT2D eigenvalue weighted by Crippen LogP contribution is 2.22.